The molecule has 0 saturated carbocycles. The molecule has 0 N–H and O–H groups in total. The Hall–Kier alpha value is -1.91. The van der Waals surface area contributed by atoms with Gasteiger partial charge in [0.2, 0.25) is 0 Å². The molecule has 0 aliphatic carbocycles. The summed E-state index contributed by atoms with van der Waals surface area (Å²) in [5.74, 6) is -0.828. The van der Waals surface area contributed by atoms with Crippen molar-refractivity contribution in [3.05, 3.63) is 57.3 Å². The zero-order valence-corrected chi connectivity index (χ0v) is 12.9. The van der Waals surface area contributed by atoms with Crippen LogP contribution in [0.4, 0.5) is 5.69 Å². The van der Waals surface area contributed by atoms with E-state index < -0.39 is 5.91 Å². The number of benzene rings is 1. The molecule has 2 aromatic rings. The van der Waals surface area contributed by atoms with E-state index in [2.05, 4.69) is 6.92 Å². The normalized spacial score (nSPS) is 15.2. The van der Waals surface area contributed by atoms with E-state index in [4.69, 9.17) is 11.6 Å². The molecule has 1 aromatic heterocycles. The van der Waals surface area contributed by atoms with E-state index in [9.17, 15) is 9.59 Å². The molecule has 0 radical (unpaired) electrons. The van der Waals surface area contributed by atoms with Crippen molar-refractivity contribution >= 4 is 46.0 Å². The van der Waals surface area contributed by atoms with E-state index >= 15 is 0 Å². The fourth-order valence-electron chi connectivity index (χ4n) is 2.25. The fourth-order valence-corrected chi connectivity index (χ4v) is 3.34. The number of hydrogen-bond donors (Lipinski definition) is 0. The Morgan fingerprint density at radius 3 is 2.38 bits per heavy atom. The number of carbonyl (C=O) groups excluding carboxylic acids is 2. The van der Waals surface area contributed by atoms with Crippen LogP contribution in [-0.2, 0) is 16.0 Å². The summed E-state index contributed by atoms with van der Waals surface area (Å²) in [6.45, 7) is 2.05. The van der Waals surface area contributed by atoms with Crippen LogP contribution >= 0.6 is 22.9 Å². The Morgan fingerprint density at radius 2 is 1.81 bits per heavy atom. The Morgan fingerprint density at radius 1 is 1.10 bits per heavy atom. The van der Waals surface area contributed by atoms with Crippen LogP contribution in [-0.4, -0.2) is 11.8 Å². The van der Waals surface area contributed by atoms with Gasteiger partial charge in [0.25, 0.3) is 11.8 Å². The molecule has 3 nitrogen and oxygen atoms in total. The van der Waals surface area contributed by atoms with Gasteiger partial charge in [0.05, 0.1) is 11.3 Å². The van der Waals surface area contributed by atoms with Crippen LogP contribution in [0.15, 0.2) is 46.8 Å². The molecule has 21 heavy (non-hydrogen) atoms. The smallest absolute Gasteiger partial charge is 0.268 e. The third-order valence-electron chi connectivity index (χ3n) is 3.40. The van der Waals surface area contributed by atoms with Crippen LogP contribution in [0.3, 0.4) is 0 Å². The first-order chi connectivity index (χ1) is 10.1. The number of imide groups is 1. The fraction of sp³-hybridized carbons (Fsp3) is 0.125. The highest BCUT2D eigenvalue weighted by Crippen LogP contribution is 2.36. The van der Waals surface area contributed by atoms with Crippen LogP contribution < -0.4 is 4.90 Å². The van der Waals surface area contributed by atoms with Gasteiger partial charge in [-0.15, -0.1) is 11.3 Å². The van der Waals surface area contributed by atoms with Gasteiger partial charge in [-0.3, -0.25) is 9.59 Å². The van der Waals surface area contributed by atoms with Crippen molar-refractivity contribution in [1.82, 2.24) is 0 Å². The minimum Gasteiger partial charge on any atom is -0.268 e. The van der Waals surface area contributed by atoms with Gasteiger partial charge in [0.1, 0.15) is 5.03 Å². The molecule has 2 heterocycles. The first-order valence-corrected chi connectivity index (χ1v) is 7.80. The average Bonchev–Trinajstić information content (AvgIpc) is 3.08. The number of halogens is 1. The number of thiophene rings is 1. The lowest BCUT2D eigenvalue weighted by Gasteiger charge is -2.15. The van der Waals surface area contributed by atoms with E-state index in [1.165, 1.54) is 11.3 Å². The summed E-state index contributed by atoms with van der Waals surface area (Å²) in [5, 5.41) is 1.84. The third kappa shape index (κ3) is 2.30. The van der Waals surface area contributed by atoms with Gasteiger partial charge in [-0.1, -0.05) is 36.7 Å². The van der Waals surface area contributed by atoms with Crippen LogP contribution in [0.2, 0.25) is 0 Å². The minimum atomic E-state index is -0.464. The molecule has 0 fully saturated rings. The molecular weight excluding hydrogens is 306 g/mol. The second-order valence-electron chi connectivity index (χ2n) is 4.63. The van der Waals surface area contributed by atoms with Crippen molar-refractivity contribution in [2.24, 2.45) is 0 Å². The van der Waals surface area contributed by atoms with Crippen molar-refractivity contribution in [1.29, 1.82) is 0 Å². The van der Waals surface area contributed by atoms with Crippen LogP contribution in [0.1, 0.15) is 17.4 Å². The van der Waals surface area contributed by atoms with Crippen molar-refractivity contribution in [2.75, 3.05) is 4.90 Å². The molecular formula is C16H12ClNO2S. The van der Waals surface area contributed by atoms with Crippen LogP contribution in [0, 0.1) is 0 Å². The molecule has 0 bridgehead atoms. The SMILES string of the molecule is CCc1ccc(N2C(=O)C(Cl)=C(c3cccs3)C2=O)cc1. The molecule has 2 amide bonds. The lowest BCUT2D eigenvalue weighted by molar-refractivity contribution is -0.119. The molecule has 0 atom stereocenters. The van der Waals surface area contributed by atoms with Gasteiger partial charge < -0.3 is 0 Å². The lowest BCUT2D eigenvalue weighted by Crippen LogP contribution is -2.31. The summed E-state index contributed by atoms with van der Waals surface area (Å²) in [6, 6.07) is 11.0. The average molecular weight is 318 g/mol. The molecule has 0 unspecified atom stereocenters. The summed E-state index contributed by atoms with van der Waals surface area (Å²) in [6.07, 6.45) is 0.904. The summed E-state index contributed by atoms with van der Waals surface area (Å²) in [7, 11) is 0. The largest absolute Gasteiger partial charge is 0.277 e. The topological polar surface area (TPSA) is 37.4 Å². The highest BCUT2D eigenvalue weighted by Gasteiger charge is 2.39. The third-order valence-corrected chi connectivity index (χ3v) is 4.64. The number of amides is 2. The number of hydrogen-bond acceptors (Lipinski definition) is 3. The predicted octanol–water partition coefficient (Wildman–Crippen LogP) is 3.83. The van der Waals surface area contributed by atoms with E-state index in [-0.39, 0.29) is 16.5 Å². The number of carbonyl (C=O) groups is 2. The standard InChI is InChI=1S/C16H12ClNO2S/c1-2-10-5-7-11(8-6-10)18-15(19)13(14(17)16(18)20)12-4-3-9-21-12/h3-9H,2H2,1H3. The summed E-state index contributed by atoms with van der Waals surface area (Å²) in [4.78, 5) is 26.7. The van der Waals surface area contributed by atoms with Crippen molar-refractivity contribution in [3.8, 4) is 0 Å². The van der Waals surface area contributed by atoms with Crippen molar-refractivity contribution in [2.45, 2.75) is 13.3 Å². The second-order valence-corrected chi connectivity index (χ2v) is 5.96. The molecule has 1 aromatic carbocycles. The van der Waals surface area contributed by atoms with Gasteiger partial charge in [0.15, 0.2) is 0 Å². The zero-order valence-electron chi connectivity index (χ0n) is 11.3. The molecule has 1 aliphatic heterocycles. The molecule has 3 rings (SSSR count). The van der Waals surface area contributed by atoms with Gasteiger partial charge in [-0.2, -0.15) is 0 Å². The van der Waals surface area contributed by atoms with E-state index in [1.807, 2.05) is 23.6 Å². The lowest BCUT2D eigenvalue weighted by atomic mass is 10.1. The Balaban J connectivity index is 2.00. The predicted molar refractivity (Wildman–Crippen MR) is 85.4 cm³/mol. The Labute approximate surface area is 131 Å². The number of rotatable bonds is 3. The molecule has 106 valence electrons. The maximum atomic E-state index is 12.5. The highest BCUT2D eigenvalue weighted by atomic mass is 35.5. The minimum absolute atomic E-state index is 0.0120. The first-order valence-electron chi connectivity index (χ1n) is 6.55. The number of nitrogens with zero attached hydrogens (tertiary/aromatic N) is 1. The van der Waals surface area contributed by atoms with Crippen LogP contribution in [0.5, 0.6) is 0 Å². The molecule has 0 saturated heterocycles. The first kappa shape index (κ1) is 14.0. The molecule has 5 heteroatoms. The van der Waals surface area contributed by atoms with Gasteiger partial charge in [0, 0.05) is 4.88 Å². The van der Waals surface area contributed by atoms with E-state index in [0.29, 0.717) is 10.6 Å². The monoisotopic (exact) mass is 317 g/mol. The van der Waals surface area contributed by atoms with Gasteiger partial charge in [-0.05, 0) is 35.6 Å². The van der Waals surface area contributed by atoms with Gasteiger partial charge in [-0.25, -0.2) is 4.90 Å². The zero-order chi connectivity index (χ0) is 15.0. The highest BCUT2D eigenvalue weighted by molar-refractivity contribution is 7.11. The summed E-state index contributed by atoms with van der Waals surface area (Å²) in [5.41, 5.74) is 1.98. The quantitative estimate of drug-likeness (QED) is 0.807. The number of anilines is 1. The van der Waals surface area contributed by atoms with E-state index in [0.717, 1.165) is 16.9 Å². The molecule has 0 spiro atoms. The Kier molecular flexibility index (Phi) is 3.66. The maximum Gasteiger partial charge on any atom is 0.277 e. The van der Waals surface area contributed by atoms with Crippen molar-refractivity contribution in [3.63, 3.8) is 0 Å². The maximum absolute atomic E-state index is 12.5. The number of aryl methyl sites for hydroxylation is 1. The Bertz CT molecular complexity index is 732. The second kappa shape index (κ2) is 5.47. The van der Waals surface area contributed by atoms with Crippen molar-refractivity contribution < 1.29 is 9.59 Å². The van der Waals surface area contributed by atoms with Gasteiger partial charge >= 0.3 is 0 Å². The summed E-state index contributed by atoms with van der Waals surface area (Å²) < 4.78 is 0. The summed E-state index contributed by atoms with van der Waals surface area (Å²) >= 11 is 7.48. The van der Waals surface area contributed by atoms with Crippen LogP contribution in [0.25, 0.3) is 5.57 Å². The van der Waals surface area contributed by atoms with E-state index in [1.54, 1.807) is 18.2 Å². The molecule has 1 aliphatic rings.